The molecule has 1 amide bonds. The van der Waals surface area contributed by atoms with Gasteiger partial charge in [-0.15, -0.1) is 0 Å². The van der Waals surface area contributed by atoms with Crippen molar-refractivity contribution in [3.05, 3.63) is 22.7 Å². The normalized spacial score (nSPS) is 9.64. The Kier molecular flexibility index (Phi) is 3.19. The number of nitrogens with two attached hydrogens (primary N) is 1. The fourth-order valence-corrected chi connectivity index (χ4v) is 1.40. The fourth-order valence-electron chi connectivity index (χ4n) is 1.18. The molecule has 0 spiro atoms. The largest absolute Gasteiger partial charge is 0.494 e. The highest BCUT2D eigenvalue weighted by atomic mass is 35.5. The van der Waals surface area contributed by atoms with Gasteiger partial charge in [0.1, 0.15) is 0 Å². The van der Waals surface area contributed by atoms with E-state index in [4.69, 9.17) is 22.1 Å². The van der Waals surface area contributed by atoms with Crippen LogP contribution in [0.15, 0.2) is 12.1 Å². The van der Waals surface area contributed by atoms with Crippen molar-refractivity contribution in [3.8, 4) is 5.75 Å². The van der Waals surface area contributed by atoms with E-state index in [1.807, 2.05) is 0 Å². The van der Waals surface area contributed by atoms with Crippen LogP contribution in [0.25, 0.3) is 0 Å². The van der Waals surface area contributed by atoms with Crippen LogP contribution >= 0.6 is 11.6 Å². The van der Waals surface area contributed by atoms with Crippen molar-refractivity contribution >= 4 is 23.2 Å². The van der Waals surface area contributed by atoms with Gasteiger partial charge in [0.25, 0.3) is 5.91 Å². The molecular weight excluding hydrogens is 204 g/mol. The molecule has 14 heavy (non-hydrogen) atoms. The summed E-state index contributed by atoms with van der Waals surface area (Å²) in [6.45, 7) is 0. The number of primary amides is 1. The van der Waals surface area contributed by atoms with Crippen molar-refractivity contribution in [2.45, 2.75) is 0 Å². The lowest BCUT2D eigenvalue weighted by Crippen LogP contribution is -2.13. The minimum atomic E-state index is -0.569. The summed E-state index contributed by atoms with van der Waals surface area (Å²) in [5, 5.41) is 3.30. The number of halogens is 1. The number of nitrogens with one attached hydrogen (secondary N) is 1. The maximum Gasteiger partial charge on any atom is 0.252 e. The lowest BCUT2D eigenvalue weighted by molar-refractivity contribution is 0.0997. The van der Waals surface area contributed by atoms with Gasteiger partial charge in [0, 0.05) is 12.1 Å². The lowest BCUT2D eigenvalue weighted by atomic mass is 10.1. The number of carbonyl (C=O) groups is 1. The molecule has 0 fully saturated rings. The van der Waals surface area contributed by atoms with Gasteiger partial charge in [-0.25, -0.2) is 0 Å². The Labute approximate surface area is 87.0 Å². The molecular formula is C9H11ClN2O2. The molecule has 1 rings (SSSR count). The molecule has 5 heteroatoms. The van der Waals surface area contributed by atoms with Crippen LogP contribution < -0.4 is 15.8 Å². The van der Waals surface area contributed by atoms with E-state index in [-0.39, 0.29) is 5.56 Å². The first kappa shape index (κ1) is 10.7. The van der Waals surface area contributed by atoms with E-state index in [0.29, 0.717) is 16.5 Å². The number of hydrogen-bond acceptors (Lipinski definition) is 3. The molecule has 0 bridgehead atoms. The molecule has 0 heterocycles. The van der Waals surface area contributed by atoms with Crippen molar-refractivity contribution in [1.82, 2.24) is 0 Å². The Morgan fingerprint density at radius 3 is 2.64 bits per heavy atom. The van der Waals surface area contributed by atoms with Gasteiger partial charge < -0.3 is 15.8 Å². The number of benzene rings is 1. The molecule has 0 radical (unpaired) electrons. The molecule has 4 nitrogen and oxygen atoms in total. The van der Waals surface area contributed by atoms with Crippen LogP contribution in [0.1, 0.15) is 10.4 Å². The van der Waals surface area contributed by atoms with Gasteiger partial charge in [-0.2, -0.15) is 0 Å². The maximum atomic E-state index is 11.1. The van der Waals surface area contributed by atoms with E-state index < -0.39 is 5.91 Å². The molecule has 0 aliphatic carbocycles. The number of amides is 1. The van der Waals surface area contributed by atoms with Crippen LogP contribution in [0.3, 0.4) is 0 Å². The molecule has 76 valence electrons. The maximum absolute atomic E-state index is 11.1. The highest BCUT2D eigenvalue weighted by molar-refractivity contribution is 6.31. The van der Waals surface area contributed by atoms with Gasteiger partial charge in [0.15, 0.2) is 5.75 Å². The zero-order valence-corrected chi connectivity index (χ0v) is 8.68. The van der Waals surface area contributed by atoms with E-state index >= 15 is 0 Å². The molecule has 0 saturated carbocycles. The highest BCUT2D eigenvalue weighted by Crippen LogP contribution is 2.31. The second-order valence-corrected chi connectivity index (χ2v) is 3.08. The lowest BCUT2D eigenvalue weighted by Gasteiger charge is -2.11. The number of methoxy groups -OCH3 is 1. The van der Waals surface area contributed by atoms with Crippen LogP contribution in [0.4, 0.5) is 5.69 Å². The van der Waals surface area contributed by atoms with E-state index in [9.17, 15) is 4.79 Å². The summed E-state index contributed by atoms with van der Waals surface area (Å²) in [4.78, 5) is 11.1. The molecule has 0 unspecified atom stereocenters. The Balaban J connectivity index is 3.39. The average molecular weight is 215 g/mol. The summed E-state index contributed by atoms with van der Waals surface area (Å²) < 4.78 is 5.06. The standard InChI is InChI=1S/C9H11ClN2O2/c1-12-7-4-5(10)3-6(9(11)13)8(7)14-2/h3-4,12H,1-2H3,(H2,11,13). The Bertz CT molecular complexity index is 366. The first-order chi connectivity index (χ1) is 6.60. The Hall–Kier alpha value is -1.42. The number of hydrogen-bond donors (Lipinski definition) is 2. The first-order valence-corrected chi connectivity index (χ1v) is 4.33. The topological polar surface area (TPSA) is 64.3 Å². The van der Waals surface area contributed by atoms with E-state index in [0.717, 1.165) is 0 Å². The molecule has 3 N–H and O–H groups in total. The Morgan fingerprint density at radius 2 is 2.21 bits per heavy atom. The van der Waals surface area contributed by atoms with E-state index in [2.05, 4.69) is 5.32 Å². The molecule has 0 aromatic heterocycles. The van der Waals surface area contributed by atoms with Crippen LogP contribution in [0, 0.1) is 0 Å². The van der Waals surface area contributed by atoms with Crippen molar-refractivity contribution in [1.29, 1.82) is 0 Å². The molecule has 0 aliphatic rings. The van der Waals surface area contributed by atoms with E-state index in [1.54, 1.807) is 13.1 Å². The minimum Gasteiger partial charge on any atom is -0.494 e. The van der Waals surface area contributed by atoms with Gasteiger partial charge >= 0.3 is 0 Å². The summed E-state index contributed by atoms with van der Waals surface area (Å²) in [5.74, 6) is -0.162. The third kappa shape index (κ3) is 1.90. The monoisotopic (exact) mass is 214 g/mol. The van der Waals surface area contributed by atoms with Crippen molar-refractivity contribution < 1.29 is 9.53 Å². The van der Waals surface area contributed by atoms with Gasteiger partial charge in [-0.05, 0) is 12.1 Å². The predicted octanol–water partition coefficient (Wildman–Crippen LogP) is 1.49. The third-order valence-electron chi connectivity index (χ3n) is 1.79. The highest BCUT2D eigenvalue weighted by Gasteiger charge is 2.14. The molecule has 1 aromatic carbocycles. The van der Waals surface area contributed by atoms with Crippen molar-refractivity contribution in [2.75, 3.05) is 19.5 Å². The number of carbonyl (C=O) groups excluding carboxylic acids is 1. The fraction of sp³-hybridized carbons (Fsp3) is 0.222. The third-order valence-corrected chi connectivity index (χ3v) is 2.01. The zero-order valence-electron chi connectivity index (χ0n) is 7.93. The summed E-state index contributed by atoms with van der Waals surface area (Å²) in [6.07, 6.45) is 0. The zero-order chi connectivity index (χ0) is 10.7. The smallest absolute Gasteiger partial charge is 0.252 e. The summed E-state index contributed by atoms with van der Waals surface area (Å²) in [5.41, 5.74) is 6.08. The number of rotatable bonds is 3. The van der Waals surface area contributed by atoms with Crippen LogP contribution in [0.5, 0.6) is 5.75 Å². The summed E-state index contributed by atoms with van der Waals surface area (Å²) in [6, 6.07) is 3.14. The number of ether oxygens (including phenoxy) is 1. The molecule has 1 aromatic rings. The summed E-state index contributed by atoms with van der Waals surface area (Å²) >= 11 is 5.80. The van der Waals surface area contributed by atoms with Gasteiger partial charge in [0.05, 0.1) is 18.4 Å². The Morgan fingerprint density at radius 1 is 1.57 bits per heavy atom. The quantitative estimate of drug-likeness (QED) is 0.801. The minimum absolute atomic E-state index is 0.268. The number of anilines is 1. The molecule has 0 aliphatic heterocycles. The summed E-state index contributed by atoms with van der Waals surface area (Å²) in [7, 11) is 3.18. The van der Waals surface area contributed by atoms with Crippen molar-refractivity contribution in [3.63, 3.8) is 0 Å². The van der Waals surface area contributed by atoms with Gasteiger partial charge in [-0.3, -0.25) is 4.79 Å². The molecule has 0 atom stereocenters. The van der Waals surface area contributed by atoms with Gasteiger partial charge in [-0.1, -0.05) is 11.6 Å². The van der Waals surface area contributed by atoms with Crippen LogP contribution in [-0.4, -0.2) is 20.1 Å². The van der Waals surface area contributed by atoms with Crippen LogP contribution in [-0.2, 0) is 0 Å². The molecule has 0 saturated heterocycles. The second-order valence-electron chi connectivity index (χ2n) is 2.65. The predicted molar refractivity (Wildman–Crippen MR) is 56.1 cm³/mol. The van der Waals surface area contributed by atoms with Crippen molar-refractivity contribution in [2.24, 2.45) is 5.73 Å². The SMILES string of the molecule is CNc1cc(Cl)cc(C(N)=O)c1OC. The van der Waals surface area contributed by atoms with E-state index in [1.165, 1.54) is 13.2 Å². The second kappa shape index (κ2) is 4.19. The van der Waals surface area contributed by atoms with Gasteiger partial charge in [0.2, 0.25) is 0 Å². The average Bonchev–Trinajstić information content (AvgIpc) is 2.16. The first-order valence-electron chi connectivity index (χ1n) is 3.95. The van der Waals surface area contributed by atoms with Crippen LogP contribution in [0.2, 0.25) is 5.02 Å².